The van der Waals surface area contributed by atoms with E-state index in [0.29, 0.717) is 10.2 Å². The van der Waals surface area contributed by atoms with Gasteiger partial charge in [0.05, 0.1) is 17.5 Å². The predicted molar refractivity (Wildman–Crippen MR) is 65.9 cm³/mol. The number of hydrogen-bond donors (Lipinski definition) is 2. The summed E-state index contributed by atoms with van der Waals surface area (Å²) < 4.78 is 5.80. The van der Waals surface area contributed by atoms with Gasteiger partial charge < -0.3 is 14.9 Å². The first kappa shape index (κ1) is 12.5. The highest BCUT2D eigenvalue weighted by molar-refractivity contribution is 9.10. The van der Waals surface area contributed by atoms with Crippen LogP contribution in [0.3, 0.4) is 0 Å². The highest BCUT2D eigenvalue weighted by Crippen LogP contribution is 2.49. The van der Waals surface area contributed by atoms with Crippen molar-refractivity contribution in [3.8, 4) is 11.5 Å². The van der Waals surface area contributed by atoms with Crippen molar-refractivity contribution in [3.05, 3.63) is 21.1 Å². The maximum absolute atomic E-state index is 11.0. The quantitative estimate of drug-likeness (QED) is 0.879. The van der Waals surface area contributed by atoms with E-state index in [0.717, 1.165) is 5.56 Å². The minimum absolute atomic E-state index is 0.0888. The first-order chi connectivity index (χ1) is 7.93. The van der Waals surface area contributed by atoms with E-state index >= 15 is 0 Å². The number of phenolic OH excluding ortho intramolecular Hbond substituents is 1. The molecule has 2 rings (SSSR count). The van der Waals surface area contributed by atoms with Crippen LogP contribution in [-0.4, -0.2) is 22.8 Å². The number of aliphatic carboxylic acids is 1. The summed E-state index contributed by atoms with van der Waals surface area (Å²) in [7, 11) is 0. The molecule has 0 aliphatic carbocycles. The predicted octanol–water partition coefficient (Wildman–Crippen LogP) is 3.00. The molecular weight excluding hydrogens is 311 g/mol. The number of aromatic hydroxyl groups is 1. The van der Waals surface area contributed by atoms with Gasteiger partial charge in [-0.2, -0.15) is 0 Å². The Morgan fingerprint density at radius 2 is 2.35 bits per heavy atom. The second kappa shape index (κ2) is 4.38. The molecule has 1 aliphatic heterocycles. The number of benzene rings is 1. The fourth-order valence-electron chi connectivity index (χ4n) is 1.88. The van der Waals surface area contributed by atoms with Gasteiger partial charge in [0, 0.05) is 11.5 Å². The van der Waals surface area contributed by atoms with Gasteiger partial charge in [-0.3, -0.25) is 4.79 Å². The molecule has 1 unspecified atom stereocenters. The highest BCUT2D eigenvalue weighted by Gasteiger charge is 2.35. The lowest BCUT2D eigenvalue weighted by atomic mass is 9.89. The summed E-state index contributed by atoms with van der Waals surface area (Å²) in [6.07, 6.45) is 0. The Hall–Kier alpha value is -0.940. The van der Waals surface area contributed by atoms with Gasteiger partial charge in [-0.15, -0.1) is 0 Å². The van der Waals surface area contributed by atoms with E-state index in [2.05, 4.69) is 15.9 Å². The fourth-order valence-corrected chi connectivity index (χ4v) is 2.76. The minimum atomic E-state index is -0.883. The molecule has 0 saturated carbocycles. The van der Waals surface area contributed by atoms with E-state index in [-0.39, 0.29) is 23.3 Å². The van der Waals surface area contributed by atoms with E-state index in [9.17, 15) is 9.90 Å². The number of fused-ring (bicyclic) bond motifs is 1. The Morgan fingerprint density at radius 3 is 2.94 bits per heavy atom. The third kappa shape index (κ3) is 1.98. The van der Waals surface area contributed by atoms with Crippen LogP contribution in [0.25, 0.3) is 0 Å². The number of ether oxygens (including phenoxy) is 1. The van der Waals surface area contributed by atoms with Gasteiger partial charge in [-0.05, 0) is 22.0 Å². The molecular formula is C11H10BrClO4. The molecule has 1 heterocycles. The molecule has 0 saturated heterocycles. The number of phenols is 1. The lowest BCUT2D eigenvalue weighted by Gasteiger charge is -2.14. The first-order valence-corrected chi connectivity index (χ1v) is 6.17. The van der Waals surface area contributed by atoms with E-state index in [1.807, 2.05) is 0 Å². The monoisotopic (exact) mass is 320 g/mol. The van der Waals surface area contributed by atoms with Crippen molar-refractivity contribution in [3.63, 3.8) is 0 Å². The Kier molecular flexibility index (Phi) is 3.23. The summed E-state index contributed by atoms with van der Waals surface area (Å²) >= 11 is 9.05. The molecule has 0 fully saturated rings. The summed E-state index contributed by atoms with van der Waals surface area (Å²) in [5.74, 6) is -1.31. The number of carboxylic acid groups (broad SMARTS) is 1. The molecule has 0 spiro atoms. The molecule has 0 amide bonds. The average molecular weight is 322 g/mol. The molecule has 4 nitrogen and oxygen atoms in total. The third-order valence-electron chi connectivity index (χ3n) is 2.98. The van der Waals surface area contributed by atoms with E-state index in [1.165, 1.54) is 0 Å². The highest BCUT2D eigenvalue weighted by atomic mass is 79.9. The number of halogens is 2. The zero-order chi connectivity index (χ0) is 12.7. The standard InChI is InChI=1S/C11H10BrClO4/c1-4(11(15)16)6-3-17-10-5(6)2-7(13)9(14)8(10)12/h2,4,6,14H,3H2,1H3,(H,15,16)/t4?,6-/m0/s1. The second-order valence-electron chi connectivity index (χ2n) is 3.98. The molecule has 1 aromatic rings. The Labute approximate surface area is 111 Å². The van der Waals surface area contributed by atoms with Crippen LogP contribution in [0.4, 0.5) is 0 Å². The number of carbonyl (C=O) groups is 1. The Morgan fingerprint density at radius 1 is 1.71 bits per heavy atom. The van der Waals surface area contributed by atoms with Gasteiger partial charge in [-0.1, -0.05) is 18.5 Å². The third-order valence-corrected chi connectivity index (χ3v) is 4.00. The summed E-state index contributed by atoms with van der Waals surface area (Å²) in [6.45, 7) is 1.90. The Bertz CT molecular complexity index is 489. The van der Waals surface area contributed by atoms with Gasteiger partial charge in [0.1, 0.15) is 10.2 Å². The van der Waals surface area contributed by atoms with Crippen LogP contribution in [0.1, 0.15) is 18.4 Å². The van der Waals surface area contributed by atoms with Crippen molar-refractivity contribution in [1.82, 2.24) is 0 Å². The van der Waals surface area contributed by atoms with E-state index in [1.54, 1.807) is 13.0 Å². The number of hydrogen-bond acceptors (Lipinski definition) is 3. The van der Waals surface area contributed by atoms with Gasteiger partial charge in [0.2, 0.25) is 0 Å². The molecule has 17 heavy (non-hydrogen) atoms. The van der Waals surface area contributed by atoms with Crippen LogP contribution in [0, 0.1) is 5.92 Å². The summed E-state index contributed by atoms with van der Waals surface area (Å²) in [5, 5.41) is 18.8. The fraction of sp³-hybridized carbons (Fsp3) is 0.364. The molecule has 6 heteroatoms. The van der Waals surface area contributed by atoms with Crippen molar-refractivity contribution < 1.29 is 19.7 Å². The largest absolute Gasteiger partial charge is 0.505 e. The van der Waals surface area contributed by atoms with Crippen molar-refractivity contribution in [2.45, 2.75) is 12.8 Å². The first-order valence-electron chi connectivity index (χ1n) is 5.00. The van der Waals surface area contributed by atoms with Crippen LogP contribution < -0.4 is 4.74 Å². The van der Waals surface area contributed by atoms with Crippen molar-refractivity contribution >= 4 is 33.5 Å². The zero-order valence-electron chi connectivity index (χ0n) is 8.91. The van der Waals surface area contributed by atoms with Crippen molar-refractivity contribution in [2.24, 2.45) is 5.92 Å². The molecule has 2 atom stereocenters. The van der Waals surface area contributed by atoms with Crippen LogP contribution >= 0.6 is 27.5 Å². The van der Waals surface area contributed by atoms with Gasteiger partial charge in [-0.25, -0.2) is 0 Å². The van der Waals surface area contributed by atoms with E-state index < -0.39 is 11.9 Å². The van der Waals surface area contributed by atoms with Gasteiger partial charge >= 0.3 is 5.97 Å². The molecule has 92 valence electrons. The van der Waals surface area contributed by atoms with Gasteiger partial charge in [0.15, 0.2) is 5.75 Å². The topological polar surface area (TPSA) is 66.8 Å². The lowest BCUT2D eigenvalue weighted by Crippen LogP contribution is -2.19. The van der Waals surface area contributed by atoms with E-state index in [4.69, 9.17) is 21.4 Å². The average Bonchev–Trinajstić information content (AvgIpc) is 2.68. The Balaban J connectivity index is 2.49. The summed E-state index contributed by atoms with van der Waals surface area (Å²) in [4.78, 5) is 11.0. The number of carboxylic acids is 1. The van der Waals surface area contributed by atoms with Crippen LogP contribution in [-0.2, 0) is 4.79 Å². The number of rotatable bonds is 2. The minimum Gasteiger partial charge on any atom is -0.505 e. The molecule has 0 radical (unpaired) electrons. The molecule has 0 bridgehead atoms. The normalized spacial score (nSPS) is 19.6. The lowest BCUT2D eigenvalue weighted by molar-refractivity contribution is -0.142. The second-order valence-corrected chi connectivity index (χ2v) is 5.18. The summed E-state index contributed by atoms with van der Waals surface area (Å²) in [5.41, 5.74) is 0.717. The van der Waals surface area contributed by atoms with Gasteiger partial charge in [0.25, 0.3) is 0 Å². The maximum Gasteiger partial charge on any atom is 0.306 e. The smallest absolute Gasteiger partial charge is 0.306 e. The van der Waals surface area contributed by atoms with Crippen LogP contribution in [0.15, 0.2) is 10.5 Å². The molecule has 2 N–H and O–H groups in total. The van der Waals surface area contributed by atoms with Crippen molar-refractivity contribution in [1.29, 1.82) is 0 Å². The van der Waals surface area contributed by atoms with Crippen LogP contribution in [0.2, 0.25) is 5.02 Å². The SMILES string of the molecule is CC(C(=O)O)[C@@H]1COc2c1cc(Cl)c(O)c2Br. The molecule has 1 aromatic carbocycles. The summed E-state index contributed by atoms with van der Waals surface area (Å²) in [6, 6.07) is 1.56. The van der Waals surface area contributed by atoms with Crippen LogP contribution in [0.5, 0.6) is 11.5 Å². The maximum atomic E-state index is 11.0. The molecule has 0 aromatic heterocycles. The van der Waals surface area contributed by atoms with Crippen molar-refractivity contribution in [2.75, 3.05) is 6.61 Å². The zero-order valence-corrected chi connectivity index (χ0v) is 11.2. The molecule has 1 aliphatic rings.